The van der Waals surface area contributed by atoms with E-state index < -0.39 is 0 Å². The molecule has 14 heavy (non-hydrogen) atoms. The summed E-state index contributed by atoms with van der Waals surface area (Å²) in [5.74, 6) is 0. The lowest BCUT2D eigenvalue weighted by molar-refractivity contribution is 0.622. The monoisotopic (exact) mass is 251 g/mol. The Bertz CT molecular complexity index is 489. The highest BCUT2D eigenvalue weighted by atomic mass is 79.9. The van der Waals surface area contributed by atoms with Gasteiger partial charge in [-0.3, -0.25) is 0 Å². The zero-order valence-corrected chi connectivity index (χ0v) is 9.21. The third kappa shape index (κ3) is 1.18. The van der Waals surface area contributed by atoms with Crippen LogP contribution in [-0.2, 0) is 13.0 Å². The smallest absolute Gasteiger partial charge is 0.137 e. The van der Waals surface area contributed by atoms with Crippen LogP contribution in [0.2, 0.25) is 0 Å². The van der Waals surface area contributed by atoms with E-state index >= 15 is 0 Å². The van der Waals surface area contributed by atoms with Crippen LogP contribution in [0, 0.1) is 0 Å². The number of aromatic nitrogens is 2. The van der Waals surface area contributed by atoms with Gasteiger partial charge in [-0.1, -0.05) is 0 Å². The Labute approximate surface area is 90.3 Å². The van der Waals surface area contributed by atoms with E-state index in [9.17, 15) is 0 Å². The summed E-state index contributed by atoms with van der Waals surface area (Å²) < 4.78 is 3.28. The van der Waals surface area contributed by atoms with Crippen LogP contribution >= 0.6 is 15.9 Å². The van der Waals surface area contributed by atoms with Crippen LogP contribution < -0.4 is 5.32 Å². The highest BCUT2D eigenvalue weighted by molar-refractivity contribution is 9.10. The van der Waals surface area contributed by atoms with Crippen LogP contribution in [0.3, 0.4) is 0 Å². The van der Waals surface area contributed by atoms with Crippen LogP contribution in [0.1, 0.15) is 11.4 Å². The number of nitrogens with zero attached hydrogens (tertiary/aromatic N) is 2. The molecule has 2 aromatic heterocycles. The summed E-state index contributed by atoms with van der Waals surface area (Å²) in [5.41, 5.74) is 3.58. The summed E-state index contributed by atoms with van der Waals surface area (Å²) in [6.07, 6.45) is 3.15. The van der Waals surface area contributed by atoms with Crippen molar-refractivity contribution in [3.05, 3.63) is 34.2 Å². The van der Waals surface area contributed by atoms with Gasteiger partial charge in [0.15, 0.2) is 0 Å². The Morgan fingerprint density at radius 3 is 3.29 bits per heavy atom. The molecule has 0 atom stereocenters. The lowest BCUT2D eigenvalue weighted by Gasteiger charge is -2.11. The molecule has 0 spiro atoms. The molecule has 0 bridgehead atoms. The molecule has 0 unspecified atom stereocenters. The van der Waals surface area contributed by atoms with Gasteiger partial charge in [0.2, 0.25) is 0 Å². The molecule has 0 fully saturated rings. The van der Waals surface area contributed by atoms with Gasteiger partial charge in [0, 0.05) is 35.9 Å². The van der Waals surface area contributed by atoms with Gasteiger partial charge in [0.25, 0.3) is 0 Å². The summed E-state index contributed by atoms with van der Waals surface area (Å²) in [4.78, 5) is 4.57. The summed E-state index contributed by atoms with van der Waals surface area (Å²) in [7, 11) is 0. The Morgan fingerprint density at radius 1 is 1.43 bits per heavy atom. The van der Waals surface area contributed by atoms with Crippen molar-refractivity contribution in [2.75, 3.05) is 6.54 Å². The van der Waals surface area contributed by atoms with Gasteiger partial charge < -0.3 is 9.72 Å². The first-order valence-corrected chi connectivity index (χ1v) is 5.50. The Kier molecular flexibility index (Phi) is 1.85. The van der Waals surface area contributed by atoms with Crippen molar-refractivity contribution in [2.24, 2.45) is 0 Å². The predicted molar refractivity (Wildman–Crippen MR) is 58.3 cm³/mol. The molecular weight excluding hydrogens is 242 g/mol. The molecule has 3 rings (SSSR count). The highest BCUT2D eigenvalue weighted by Crippen LogP contribution is 2.19. The van der Waals surface area contributed by atoms with Crippen molar-refractivity contribution in [2.45, 2.75) is 13.0 Å². The first-order chi connectivity index (χ1) is 6.84. The van der Waals surface area contributed by atoms with Gasteiger partial charge in [-0.2, -0.15) is 0 Å². The second-order valence-corrected chi connectivity index (χ2v) is 4.42. The first kappa shape index (κ1) is 8.44. The molecule has 1 N–H and O–H groups in total. The molecule has 3 heterocycles. The van der Waals surface area contributed by atoms with Crippen LogP contribution in [0.5, 0.6) is 0 Å². The standard InChI is InChI=1S/C10H10BrN3/c11-7-1-2-10-13-8-5-12-4-3-9(8)14(10)6-7/h1-2,6,12H,3-5H2. The maximum Gasteiger partial charge on any atom is 0.137 e. The van der Waals surface area contributed by atoms with Crippen LogP contribution in [0.4, 0.5) is 0 Å². The normalized spacial score (nSPS) is 15.8. The molecule has 1 aliphatic heterocycles. The maximum atomic E-state index is 4.57. The van der Waals surface area contributed by atoms with Crippen molar-refractivity contribution in [3.63, 3.8) is 0 Å². The average Bonchev–Trinajstić information content (AvgIpc) is 2.56. The number of imidazole rings is 1. The van der Waals surface area contributed by atoms with Crippen LogP contribution in [-0.4, -0.2) is 15.9 Å². The minimum Gasteiger partial charge on any atom is -0.311 e. The Morgan fingerprint density at radius 2 is 2.36 bits per heavy atom. The Hall–Kier alpha value is -0.870. The minimum absolute atomic E-state index is 0.897. The van der Waals surface area contributed by atoms with Crippen LogP contribution in [0.15, 0.2) is 22.8 Å². The molecule has 0 radical (unpaired) electrons. The molecular formula is C10H10BrN3. The predicted octanol–water partition coefficient (Wildman–Crippen LogP) is 1.74. The fourth-order valence-electron chi connectivity index (χ4n) is 1.94. The molecule has 2 aromatic rings. The van der Waals surface area contributed by atoms with Gasteiger partial charge >= 0.3 is 0 Å². The van der Waals surface area contributed by atoms with Crippen molar-refractivity contribution < 1.29 is 0 Å². The fraction of sp³-hybridized carbons (Fsp3) is 0.300. The second kappa shape index (κ2) is 3.07. The molecule has 1 aliphatic rings. The molecule has 0 saturated heterocycles. The minimum atomic E-state index is 0.897. The molecule has 0 amide bonds. The third-order valence-corrected chi connectivity index (χ3v) is 3.06. The quantitative estimate of drug-likeness (QED) is 0.773. The zero-order valence-electron chi connectivity index (χ0n) is 7.63. The summed E-state index contributed by atoms with van der Waals surface area (Å²) >= 11 is 3.48. The maximum absolute atomic E-state index is 4.57. The van der Waals surface area contributed by atoms with Gasteiger partial charge in [-0.05, 0) is 28.1 Å². The SMILES string of the molecule is Brc1ccc2nc3c(n2c1)CCNC3. The van der Waals surface area contributed by atoms with E-state index in [1.807, 2.05) is 12.1 Å². The van der Waals surface area contributed by atoms with E-state index in [1.54, 1.807) is 0 Å². The summed E-state index contributed by atoms with van der Waals surface area (Å²) in [5, 5.41) is 3.33. The first-order valence-electron chi connectivity index (χ1n) is 4.71. The highest BCUT2D eigenvalue weighted by Gasteiger charge is 2.15. The van der Waals surface area contributed by atoms with Gasteiger partial charge in [0.05, 0.1) is 5.69 Å². The van der Waals surface area contributed by atoms with E-state index in [0.29, 0.717) is 0 Å². The van der Waals surface area contributed by atoms with Crippen molar-refractivity contribution >= 4 is 21.6 Å². The Balaban J connectivity index is 2.32. The summed E-state index contributed by atoms with van der Waals surface area (Å²) in [6.45, 7) is 1.95. The van der Waals surface area contributed by atoms with Crippen molar-refractivity contribution in [1.29, 1.82) is 0 Å². The van der Waals surface area contributed by atoms with E-state index in [2.05, 4.69) is 36.8 Å². The summed E-state index contributed by atoms with van der Waals surface area (Å²) in [6, 6.07) is 4.07. The lowest BCUT2D eigenvalue weighted by Crippen LogP contribution is -2.24. The number of pyridine rings is 1. The topological polar surface area (TPSA) is 29.3 Å². The molecule has 4 heteroatoms. The molecule has 0 saturated carbocycles. The van der Waals surface area contributed by atoms with Gasteiger partial charge in [0.1, 0.15) is 5.65 Å². The van der Waals surface area contributed by atoms with E-state index in [0.717, 1.165) is 29.6 Å². The van der Waals surface area contributed by atoms with Gasteiger partial charge in [-0.15, -0.1) is 0 Å². The van der Waals surface area contributed by atoms with E-state index in [1.165, 1.54) is 11.4 Å². The van der Waals surface area contributed by atoms with Crippen molar-refractivity contribution in [1.82, 2.24) is 14.7 Å². The molecule has 3 nitrogen and oxygen atoms in total. The number of hydrogen-bond acceptors (Lipinski definition) is 2. The second-order valence-electron chi connectivity index (χ2n) is 3.51. The van der Waals surface area contributed by atoms with Crippen molar-refractivity contribution in [3.8, 4) is 0 Å². The number of fused-ring (bicyclic) bond motifs is 3. The number of rotatable bonds is 0. The molecule has 0 aromatic carbocycles. The lowest BCUT2D eigenvalue weighted by atomic mass is 10.2. The van der Waals surface area contributed by atoms with E-state index in [4.69, 9.17) is 0 Å². The number of hydrogen-bond donors (Lipinski definition) is 1. The average molecular weight is 252 g/mol. The van der Waals surface area contributed by atoms with Gasteiger partial charge in [-0.25, -0.2) is 4.98 Å². The fourth-order valence-corrected chi connectivity index (χ4v) is 2.27. The van der Waals surface area contributed by atoms with E-state index in [-0.39, 0.29) is 0 Å². The molecule has 0 aliphatic carbocycles. The zero-order chi connectivity index (χ0) is 9.54. The largest absolute Gasteiger partial charge is 0.311 e. The molecule has 72 valence electrons. The number of nitrogens with one attached hydrogen (secondary N) is 1. The van der Waals surface area contributed by atoms with Crippen LogP contribution in [0.25, 0.3) is 5.65 Å². The third-order valence-electron chi connectivity index (χ3n) is 2.60. The number of halogens is 1.